The molecule has 2 aliphatic rings. The van der Waals surface area contributed by atoms with Gasteiger partial charge < -0.3 is 10.2 Å². The summed E-state index contributed by atoms with van der Waals surface area (Å²) in [6, 6.07) is 26.1. The van der Waals surface area contributed by atoms with E-state index >= 15 is 0 Å². The van der Waals surface area contributed by atoms with Crippen LogP contribution in [0.4, 0.5) is 5.69 Å². The largest absolute Gasteiger partial charge is 0.332 e. The number of thiophene rings is 1. The first-order chi connectivity index (χ1) is 20.4. The maximum atomic E-state index is 12.9. The van der Waals surface area contributed by atoms with Crippen molar-refractivity contribution < 1.29 is 19.2 Å². The molecular weight excluding hydrogens is 616 g/mol. The lowest BCUT2D eigenvalue weighted by molar-refractivity contribution is -0.144. The normalized spacial score (nSPS) is 15.2. The average Bonchev–Trinajstić information content (AvgIpc) is 3.56. The number of fused-ring (bicyclic) bond motifs is 1. The zero-order valence-corrected chi connectivity index (χ0v) is 25.0. The van der Waals surface area contributed by atoms with Gasteiger partial charge in [0.15, 0.2) is 0 Å². The van der Waals surface area contributed by atoms with Crippen LogP contribution in [0.2, 0.25) is 0 Å². The van der Waals surface area contributed by atoms with Gasteiger partial charge in [-0.2, -0.15) is 0 Å². The van der Waals surface area contributed by atoms with E-state index in [4.69, 9.17) is 0 Å². The van der Waals surface area contributed by atoms with E-state index < -0.39 is 11.8 Å². The lowest BCUT2D eigenvalue weighted by atomic mass is 10.1. The maximum absolute atomic E-state index is 12.9. The molecule has 0 unspecified atom stereocenters. The van der Waals surface area contributed by atoms with Gasteiger partial charge in [0, 0.05) is 52.6 Å². The fourth-order valence-corrected chi connectivity index (χ4v) is 6.52. The second kappa shape index (κ2) is 12.0. The van der Waals surface area contributed by atoms with E-state index in [9.17, 15) is 19.2 Å². The van der Waals surface area contributed by atoms with Gasteiger partial charge in [0.05, 0.1) is 17.7 Å². The van der Waals surface area contributed by atoms with Crippen LogP contribution in [0, 0.1) is 0 Å². The lowest BCUT2D eigenvalue weighted by Crippen LogP contribution is -2.51. The van der Waals surface area contributed by atoms with Gasteiger partial charge in [0.1, 0.15) is 0 Å². The molecule has 4 aromatic rings. The second-order valence-electron chi connectivity index (χ2n) is 10.2. The number of nitrogens with one attached hydrogen (secondary N) is 1. The van der Waals surface area contributed by atoms with E-state index in [-0.39, 0.29) is 18.4 Å². The van der Waals surface area contributed by atoms with Crippen LogP contribution in [0.1, 0.15) is 31.2 Å². The van der Waals surface area contributed by atoms with Crippen molar-refractivity contribution in [1.29, 1.82) is 0 Å². The average molecular weight is 644 g/mol. The molecule has 0 bridgehead atoms. The number of benzene rings is 3. The third kappa shape index (κ3) is 5.92. The van der Waals surface area contributed by atoms with Gasteiger partial charge >= 0.3 is 11.8 Å². The molecule has 0 aliphatic carbocycles. The van der Waals surface area contributed by atoms with Gasteiger partial charge in [-0.25, -0.2) is 0 Å². The zero-order valence-electron chi connectivity index (χ0n) is 22.6. The number of carbonyl (C=O) groups excluding carboxylic acids is 4. The number of nitrogens with zero attached hydrogens (tertiary/aromatic N) is 3. The van der Waals surface area contributed by atoms with Crippen LogP contribution in [0.3, 0.4) is 0 Å². The first kappa shape index (κ1) is 28.0. The van der Waals surface area contributed by atoms with Crippen molar-refractivity contribution in [3.8, 4) is 10.4 Å². The van der Waals surface area contributed by atoms with Gasteiger partial charge in [-0.05, 0) is 59.7 Å². The number of rotatable bonds is 6. The van der Waals surface area contributed by atoms with E-state index in [2.05, 4.69) is 50.4 Å². The second-order valence-corrected chi connectivity index (χ2v) is 12.3. The van der Waals surface area contributed by atoms with Crippen LogP contribution in [-0.2, 0) is 22.7 Å². The molecule has 1 fully saturated rings. The molecule has 6 rings (SSSR count). The van der Waals surface area contributed by atoms with Crippen LogP contribution in [0.25, 0.3) is 10.4 Å². The molecule has 10 heteroatoms. The van der Waals surface area contributed by atoms with Gasteiger partial charge in [-0.1, -0.05) is 52.3 Å². The molecule has 0 saturated carbocycles. The van der Waals surface area contributed by atoms with Gasteiger partial charge in [-0.15, -0.1) is 11.3 Å². The number of anilines is 1. The van der Waals surface area contributed by atoms with Crippen molar-refractivity contribution >= 4 is 56.6 Å². The zero-order chi connectivity index (χ0) is 29.2. The Morgan fingerprint density at radius 1 is 0.786 bits per heavy atom. The summed E-state index contributed by atoms with van der Waals surface area (Å²) in [6.45, 7) is 3.17. The monoisotopic (exact) mass is 642 g/mol. The fraction of sp³-hybridized carbons (Fsp3) is 0.188. The Kier molecular flexibility index (Phi) is 8.01. The van der Waals surface area contributed by atoms with Crippen molar-refractivity contribution in [2.24, 2.45) is 0 Å². The van der Waals surface area contributed by atoms with Crippen LogP contribution < -0.4 is 5.32 Å². The lowest BCUT2D eigenvalue weighted by Gasteiger charge is -2.34. The highest BCUT2D eigenvalue weighted by molar-refractivity contribution is 9.10. The van der Waals surface area contributed by atoms with Gasteiger partial charge in [-0.3, -0.25) is 29.0 Å². The molecule has 2 aliphatic heterocycles. The van der Waals surface area contributed by atoms with E-state index in [0.29, 0.717) is 48.6 Å². The van der Waals surface area contributed by atoms with Crippen molar-refractivity contribution in [3.05, 3.63) is 111 Å². The first-order valence-corrected chi connectivity index (χ1v) is 15.2. The molecule has 4 amide bonds. The number of hydrogen-bond donors (Lipinski definition) is 1. The maximum Gasteiger partial charge on any atom is 0.313 e. The molecule has 42 heavy (non-hydrogen) atoms. The van der Waals surface area contributed by atoms with Gasteiger partial charge in [0.2, 0.25) is 0 Å². The van der Waals surface area contributed by atoms with E-state index in [1.165, 1.54) is 20.2 Å². The summed E-state index contributed by atoms with van der Waals surface area (Å²) in [4.78, 5) is 58.7. The number of hydrogen-bond acceptors (Lipinski definition) is 6. The summed E-state index contributed by atoms with van der Waals surface area (Å²) in [7, 11) is 0. The standard InChI is InChI=1S/C32H27BrN4O4S/c33-23-10-8-22(9-11-23)28-13-12-25(42-28)20-35-14-16-36(17-15-35)32(41)29(38)34-24-5-3-4-21(18-24)19-37-30(39)26-6-1-2-7-27(26)31(37)40/h1-13,18H,14-17,19-20H2,(H,34,38). The molecule has 0 spiro atoms. The Morgan fingerprint density at radius 2 is 1.48 bits per heavy atom. The van der Waals surface area contributed by atoms with Crippen LogP contribution in [-0.4, -0.2) is 64.5 Å². The Morgan fingerprint density at radius 3 is 2.17 bits per heavy atom. The number of amides is 4. The number of piperazine rings is 1. The van der Waals surface area contributed by atoms with Crippen LogP contribution in [0.5, 0.6) is 0 Å². The summed E-state index contributed by atoms with van der Waals surface area (Å²) >= 11 is 5.24. The molecule has 1 N–H and O–H groups in total. The molecular formula is C32H27BrN4O4S. The molecule has 3 aromatic carbocycles. The van der Waals surface area contributed by atoms with E-state index in [1.54, 1.807) is 64.8 Å². The smallest absolute Gasteiger partial charge is 0.313 e. The fourth-order valence-electron chi connectivity index (χ4n) is 5.20. The predicted octanol–water partition coefficient (Wildman–Crippen LogP) is 5.26. The highest BCUT2D eigenvalue weighted by Crippen LogP contribution is 2.30. The number of halogens is 1. The summed E-state index contributed by atoms with van der Waals surface area (Å²) in [5, 5.41) is 2.68. The van der Waals surface area contributed by atoms with E-state index in [0.717, 1.165) is 11.0 Å². The quantitative estimate of drug-likeness (QED) is 0.229. The molecule has 0 atom stereocenters. The van der Waals surface area contributed by atoms with Crippen LogP contribution >= 0.6 is 27.3 Å². The summed E-state index contributed by atoms with van der Waals surface area (Å²) < 4.78 is 1.05. The minimum absolute atomic E-state index is 0.0703. The Labute approximate surface area is 255 Å². The Balaban J connectivity index is 1.00. The third-order valence-corrected chi connectivity index (χ3v) is 9.08. The van der Waals surface area contributed by atoms with E-state index in [1.807, 2.05) is 12.1 Å². The highest BCUT2D eigenvalue weighted by atomic mass is 79.9. The molecule has 1 saturated heterocycles. The molecule has 8 nitrogen and oxygen atoms in total. The van der Waals surface area contributed by atoms with Crippen LogP contribution in [0.15, 0.2) is 89.4 Å². The minimum Gasteiger partial charge on any atom is -0.332 e. The van der Waals surface area contributed by atoms with Crippen molar-refractivity contribution in [2.75, 3.05) is 31.5 Å². The van der Waals surface area contributed by atoms with Crippen molar-refractivity contribution in [2.45, 2.75) is 13.1 Å². The minimum atomic E-state index is -0.710. The molecule has 212 valence electrons. The molecule has 0 radical (unpaired) electrons. The topological polar surface area (TPSA) is 90.0 Å². The predicted molar refractivity (Wildman–Crippen MR) is 165 cm³/mol. The summed E-state index contributed by atoms with van der Waals surface area (Å²) in [5.41, 5.74) is 3.06. The highest BCUT2D eigenvalue weighted by Gasteiger charge is 2.35. The number of carbonyl (C=O) groups is 4. The number of imide groups is 1. The third-order valence-electron chi connectivity index (χ3n) is 7.43. The van der Waals surface area contributed by atoms with Crippen molar-refractivity contribution in [3.63, 3.8) is 0 Å². The Hall–Kier alpha value is -4.12. The molecule has 3 heterocycles. The summed E-state index contributed by atoms with van der Waals surface area (Å²) in [5.74, 6) is -1.97. The first-order valence-electron chi connectivity index (χ1n) is 13.6. The van der Waals surface area contributed by atoms with Gasteiger partial charge in [0.25, 0.3) is 11.8 Å². The SMILES string of the molecule is O=C(Nc1cccc(CN2C(=O)c3ccccc3C2=O)c1)C(=O)N1CCN(Cc2ccc(-c3ccc(Br)cc3)s2)CC1. The van der Waals surface area contributed by atoms with Crippen molar-refractivity contribution in [1.82, 2.24) is 14.7 Å². The Bertz CT molecular complexity index is 1640. The molecule has 1 aromatic heterocycles. The summed E-state index contributed by atoms with van der Waals surface area (Å²) in [6.07, 6.45) is 0.